The summed E-state index contributed by atoms with van der Waals surface area (Å²) in [7, 11) is 0. The van der Waals surface area contributed by atoms with Gasteiger partial charge in [-0.2, -0.15) is 0 Å². The van der Waals surface area contributed by atoms with E-state index >= 15 is 0 Å². The standard InChI is InChI=1S/C15H34N2O/c1-6-13(7-2)10-17(8-3)15(11-18)14(16)9-12(4)5/h12-15,18H,6-11,16H2,1-5H3. The van der Waals surface area contributed by atoms with E-state index in [1.165, 1.54) is 12.8 Å². The quantitative estimate of drug-likeness (QED) is 0.633. The Bertz CT molecular complexity index is 193. The van der Waals surface area contributed by atoms with Gasteiger partial charge < -0.3 is 10.8 Å². The largest absolute Gasteiger partial charge is 0.395 e. The molecular formula is C15H34N2O. The zero-order valence-electron chi connectivity index (χ0n) is 13.0. The SMILES string of the molecule is CCC(CC)CN(CC)C(CO)C(N)CC(C)C. The van der Waals surface area contributed by atoms with E-state index in [1.54, 1.807) is 0 Å². The fraction of sp³-hybridized carbons (Fsp3) is 1.00. The van der Waals surface area contributed by atoms with Gasteiger partial charge >= 0.3 is 0 Å². The molecule has 0 saturated carbocycles. The van der Waals surface area contributed by atoms with Crippen molar-refractivity contribution in [2.24, 2.45) is 17.6 Å². The Labute approximate surface area is 114 Å². The average Bonchev–Trinajstić information content (AvgIpc) is 2.33. The Hall–Kier alpha value is -0.120. The Balaban J connectivity index is 4.55. The van der Waals surface area contributed by atoms with E-state index in [-0.39, 0.29) is 18.7 Å². The van der Waals surface area contributed by atoms with Crippen molar-refractivity contribution in [3.63, 3.8) is 0 Å². The minimum atomic E-state index is 0.0734. The molecule has 0 bridgehead atoms. The Morgan fingerprint density at radius 2 is 1.67 bits per heavy atom. The van der Waals surface area contributed by atoms with Gasteiger partial charge in [0.25, 0.3) is 0 Å². The van der Waals surface area contributed by atoms with Gasteiger partial charge in [0.2, 0.25) is 0 Å². The molecule has 0 aliphatic rings. The molecule has 0 amide bonds. The van der Waals surface area contributed by atoms with Gasteiger partial charge in [-0.3, -0.25) is 4.90 Å². The third-order valence-electron chi connectivity index (χ3n) is 3.95. The van der Waals surface area contributed by atoms with Crippen molar-refractivity contribution in [1.29, 1.82) is 0 Å². The highest BCUT2D eigenvalue weighted by Crippen LogP contribution is 2.16. The van der Waals surface area contributed by atoms with Crippen molar-refractivity contribution < 1.29 is 5.11 Å². The van der Waals surface area contributed by atoms with Crippen LogP contribution in [0.15, 0.2) is 0 Å². The summed E-state index contributed by atoms with van der Waals surface area (Å²) in [6.07, 6.45) is 3.37. The second-order valence-corrected chi connectivity index (χ2v) is 5.81. The predicted octanol–water partition coefficient (Wildman–Crippen LogP) is 2.48. The molecule has 0 fully saturated rings. The van der Waals surface area contributed by atoms with Gasteiger partial charge in [0.1, 0.15) is 0 Å². The molecule has 0 saturated heterocycles. The molecule has 3 heteroatoms. The highest BCUT2D eigenvalue weighted by molar-refractivity contribution is 4.83. The van der Waals surface area contributed by atoms with Crippen molar-refractivity contribution in [3.8, 4) is 0 Å². The van der Waals surface area contributed by atoms with Crippen LogP contribution in [0.5, 0.6) is 0 Å². The van der Waals surface area contributed by atoms with Gasteiger partial charge in [-0.1, -0.05) is 47.5 Å². The molecule has 18 heavy (non-hydrogen) atoms. The van der Waals surface area contributed by atoms with E-state index in [1.807, 2.05) is 0 Å². The van der Waals surface area contributed by atoms with Crippen LogP contribution in [0.3, 0.4) is 0 Å². The summed E-state index contributed by atoms with van der Waals surface area (Å²) in [5, 5.41) is 9.65. The van der Waals surface area contributed by atoms with Crippen molar-refractivity contribution in [2.75, 3.05) is 19.7 Å². The zero-order chi connectivity index (χ0) is 14.1. The number of nitrogens with zero attached hydrogens (tertiary/aromatic N) is 1. The van der Waals surface area contributed by atoms with Gasteiger partial charge in [-0.05, 0) is 24.8 Å². The number of likely N-dealkylation sites (N-methyl/N-ethyl adjacent to an activating group) is 1. The van der Waals surface area contributed by atoms with Crippen LogP contribution < -0.4 is 5.73 Å². The fourth-order valence-corrected chi connectivity index (χ4v) is 2.60. The molecular weight excluding hydrogens is 224 g/mol. The maximum Gasteiger partial charge on any atom is 0.0601 e. The van der Waals surface area contributed by atoms with E-state index in [2.05, 4.69) is 39.5 Å². The molecule has 0 radical (unpaired) electrons. The molecule has 3 nitrogen and oxygen atoms in total. The monoisotopic (exact) mass is 258 g/mol. The summed E-state index contributed by atoms with van der Waals surface area (Å²) in [6.45, 7) is 13.2. The molecule has 0 aliphatic carbocycles. The van der Waals surface area contributed by atoms with Gasteiger partial charge in [-0.15, -0.1) is 0 Å². The van der Waals surface area contributed by atoms with Crippen LogP contribution in [0.2, 0.25) is 0 Å². The van der Waals surface area contributed by atoms with Crippen LogP contribution in [-0.2, 0) is 0 Å². The molecule has 2 atom stereocenters. The van der Waals surface area contributed by atoms with Gasteiger partial charge in [0, 0.05) is 18.6 Å². The van der Waals surface area contributed by atoms with Crippen molar-refractivity contribution in [2.45, 2.75) is 66.0 Å². The van der Waals surface area contributed by atoms with Crippen LogP contribution in [-0.4, -0.2) is 41.8 Å². The lowest BCUT2D eigenvalue weighted by Gasteiger charge is -2.36. The zero-order valence-corrected chi connectivity index (χ0v) is 13.0. The first-order valence-electron chi connectivity index (χ1n) is 7.60. The third-order valence-corrected chi connectivity index (χ3v) is 3.95. The number of hydrogen-bond acceptors (Lipinski definition) is 3. The molecule has 0 aromatic rings. The number of aliphatic hydroxyl groups excluding tert-OH is 1. The summed E-state index contributed by atoms with van der Waals surface area (Å²) in [6, 6.07) is 0.183. The van der Waals surface area contributed by atoms with Crippen LogP contribution in [0.1, 0.15) is 53.9 Å². The highest BCUT2D eigenvalue weighted by atomic mass is 16.3. The molecule has 110 valence electrons. The van der Waals surface area contributed by atoms with Gasteiger partial charge in [0.15, 0.2) is 0 Å². The molecule has 2 unspecified atom stereocenters. The fourth-order valence-electron chi connectivity index (χ4n) is 2.60. The van der Waals surface area contributed by atoms with Crippen molar-refractivity contribution >= 4 is 0 Å². The van der Waals surface area contributed by atoms with Crippen LogP contribution in [0.4, 0.5) is 0 Å². The van der Waals surface area contributed by atoms with Crippen LogP contribution in [0, 0.1) is 11.8 Å². The Morgan fingerprint density at radius 3 is 2.00 bits per heavy atom. The Kier molecular flexibility index (Phi) is 9.70. The van der Waals surface area contributed by atoms with E-state index in [9.17, 15) is 5.11 Å². The maximum absolute atomic E-state index is 9.65. The topological polar surface area (TPSA) is 49.5 Å². The van der Waals surface area contributed by atoms with E-state index in [0.29, 0.717) is 11.8 Å². The van der Waals surface area contributed by atoms with Crippen molar-refractivity contribution in [1.82, 2.24) is 4.90 Å². The Morgan fingerprint density at radius 1 is 1.11 bits per heavy atom. The molecule has 0 aromatic carbocycles. The average molecular weight is 258 g/mol. The second-order valence-electron chi connectivity index (χ2n) is 5.81. The number of rotatable bonds is 10. The molecule has 0 heterocycles. The number of nitrogens with two attached hydrogens (primary N) is 1. The lowest BCUT2D eigenvalue weighted by atomic mass is 9.95. The first kappa shape index (κ1) is 17.9. The van der Waals surface area contributed by atoms with E-state index < -0.39 is 0 Å². The highest BCUT2D eigenvalue weighted by Gasteiger charge is 2.25. The molecule has 3 N–H and O–H groups in total. The molecule has 0 spiro atoms. The van der Waals surface area contributed by atoms with Gasteiger partial charge in [0.05, 0.1) is 6.61 Å². The summed E-state index contributed by atoms with van der Waals surface area (Å²) in [5.41, 5.74) is 6.26. The normalized spacial score (nSPS) is 15.7. The molecule has 0 rings (SSSR count). The van der Waals surface area contributed by atoms with Gasteiger partial charge in [-0.25, -0.2) is 0 Å². The summed E-state index contributed by atoms with van der Waals surface area (Å²) in [5.74, 6) is 1.30. The maximum atomic E-state index is 9.65. The number of hydrogen-bond donors (Lipinski definition) is 2. The van der Waals surface area contributed by atoms with Crippen molar-refractivity contribution in [3.05, 3.63) is 0 Å². The number of aliphatic hydroxyl groups is 1. The molecule has 0 aromatic heterocycles. The first-order valence-corrected chi connectivity index (χ1v) is 7.60. The molecule has 0 aliphatic heterocycles. The summed E-state index contributed by atoms with van der Waals surface area (Å²) < 4.78 is 0. The lowest BCUT2D eigenvalue weighted by Crippen LogP contribution is -2.51. The van der Waals surface area contributed by atoms with Crippen LogP contribution >= 0.6 is 0 Å². The van der Waals surface area contributed by atoms with E-state index in [4.69, 9.17) is 5.73 Å². The minimum Gasteiger partial charge on any atom is -0.395 e. The third kappa shape index (κ3) is 6.17. The minimum absolute atomic E-state index is 0.0734. The predicted molar refractivity (Wildman–Crippen MR) is 79.6 cm³/mol. The van der Waals surface area contributed by atoms with Crippen LogP contribution in [0.25, 0.3) is 0 Å². The second kappa shape index (κ2) is 9.76. The lowest BCUT2D eigenvalue weighted by molar-refractivity contribution is 0.0868. The smallest absolute Gasteiger partial charge is 0.0601 e. The first-order chi connectivity index (χ1) is 8.49. The summed E-state index contributed by atoms with van der Waals surface area (Å²) in [4.78, 5) is 2.37. The van der Waals surface area contributed by atoms with E-state index in [0.717, 1.165) is 19.5 Å². The summed E-state index contributed by atoms with van der Waals surface area (Å²) >= 11 is 0.